The molecule has 0 bridgehead atoms. The Labute approximate surface area is 105 Å². The molecular formula is C10H11NO4Zn. The fourth-order valence-corrected chi connectivity index (χ4v) is 1.09. The van der Waals surface area contributed by atoms with Gasteiger partial charge in [0.25, 0.3) is 0 Å². The van der Waals surface area contributed by atoms with E-state index in [0.717, 1.165) is 0 Å². The number of carboxylic acids is 1. The first-order chi connectivity index (χ1) is 7.00. The average Bonchev–Trinajstić information content (AvgIpc) is 2.18. The minimum absolute atomic E-state index is 0. The largest absolute Gasteiger partial charge is 0.508 e. The summed E-state index contributed by atoms with van der Waals surface area (Å²) in [7, 11) is 0. The second kappa shape index (κ2) is 6.23. The molecular weight excluding hydrogens is 264 g/mol. The Morgan fingerprint density at radius 1 is 1.38 bits per heavy atom. The molecule has 0 radical (unpaired) electrons. The molecule has 0 aliphatic heterocycles. The molecule has 0 heterocycles. The number of hydrogen-bond donors (Lipinski definition) is 3. The number of phenolic OH excluding ortho intramolecular Hbond substituents is 2. The van der Waals surface area contributed by atoms with E-state index in [2.05, 4.69) is 4.99 Å². The van der Waals surface area contributed by atoms with Gasteiger partial charge in [0.2, 0.25) is 0 Å². The number of carbonyl (C=O) groups is 1. The van der Waals surface area contributed by atoms with Crippen LogP contribution in [0.15, 0.2) is 23.2 Å². The van der Waals surface area contributed by atoms with E-state index in [-0.39, 0.29) is 37.5 Å². The molecule has 5 nitrogen and oxygen atoms in total. The van der Waals surface area contributed by atoms with Crippen LogP contribution in [0.1, 0.15) is 12.5 Å². The predicted molar refractivity (Wildman–Crippen MR) is 54.5 cm³/mol. The summed E-state index contributed by atoms with van der Waals surface area (Å²) in [5.74, 6) is -1.10. The van der Waals surface area contributed by atoms with E-state index in [1.54, 1.807) is 6.92 Å². The number of benzene rings is 1. The number of nitrogens with zero attached hydrogens (tertiary/aromatic N) is 1. The zero-order valence-corrected chi connectivity index (χ0v) is 11.8. The van der Waals surface area contributed by atoms with Crippen molar-refractivity contribution in [2.45, 2.75) is 6.92 Å². The molecule has 0 spiro atoms. The van der Waals surface area contributed by atoms with E-state index in [0.29, 0.717) is 11.3 Å². The monoisotopic (exact) mass is 273 g/mol. The molecule has 0 amide bonds. The van der Waals surface area contributed by atoms with Gasteiger partial charge in [-0.05, 0) is 25.1 Å². The van der Waals surface area contributed by atoms with Crippen LogP contribution in [0.2, 0.25) is 0 Å². The van der Waals surface area contributed by atoms with E-state index in [9.17, 15) is 15.0 Å². The number of carboxylic acid groups (broad SMARTS) is 1. The van der Waals surface area contributed by atoms with E-state index in [4.69, 9.17) is 5.11 Å². The summed E-state index contributed by atoms with van der Waals surface area (Å²) in [5.41, 5.74) is 0.696. The third-order valence-electron chi connectivity index (χ3n) is 1.82. The van der Waals surface area contributed by atoms with Crippen molar-refractivity contribution >= 4 is 11.7 Å². The van der Waals surface area contributed by atoms with E-state index >= 15 is 0 Å². The summed E-state index contributed by atoms with van der Waals surface area (Å²) < 4.78 is 0. The first-order valence-corrected chi connectivity index (χ1v) is 4.26. The first-order valence-electron chi connectivity index (χ1n) is 4.26. The summed E-state index contributed by atoms with van der Waals surface area (Å²) >= 11 is 0. The van der Waals surface area contributed by atoms with Crippen molar-refractivity contribution in [1.82, 2.24) is 0 Å². The van der Waals surface area contributed by atoms with E-state index in [1.165, 1.54) is 18.2 Å². The SMILES string of the molecule is CC(=NCC(=O)O)c1cc(O)ccc1O.[Zn]. The molecule has 0 aliphatic carbocycles. The Kier molecular flexibility index (Phi) is 5.68. The van der Waals surface area contributed by atoms with Crippen LogP contribution >= 0.6 is 0 Å². The standard InChI is InChI=1S/C10H11NO4.Zn/c1-6(11-5-10(14)15)8-4-7(12)2-3-9(8)13;/h2-4,12-13H,5H2,1H3,(H,14,15);. The molecule has 1 aromatic carbocycles. The fourth-order valence-electron chi connectivity index (χ4n) is 1.09. The van der Waals surface area contributed by atoms with E-state index in [1.807, 2.05) is 0 Å². The predicted octanol–water partition coefficient (Wildman–Crippen LogP) is 0.989. The minimum Gasteiger partial charge on any atom is -0.508 e. The Bertz CT molecular complexity index is 417. The molecule has 82 valence electrons. The maximum Gasteiger partial charge on any atom is 0.325 e. The molecule has 6 heteroatoms. The van der Waals surface area contributed by atoms with Gasteiger partial charge >= 0.3 is 5.97 Å². The molecule has 16 heavy (non-hydrogen) atoms. The van der Waals surface area contributed by atoms with Gasteiger partial charge in [0.15, 0.2) is 0 Å². The molecule has 0 unspecified atom stereocenters. The van der Waals surface area contributed by atoms with Gasteiger partial charge in [0, 0.05) is 30.8 Å². The van der Waals surface area contributed by atoms with Gasteiger partial charge in [-0.1, -0.05) is 0 Å². The summed E-state index contributed by atoms with van der Waals surface area (Å²) in [4.78, 5) is 14.0. The normalized spacial score (nSPS) is 10.7. The first kappa shape index (κ1) is 14.6. The molecule has 1 rings (SSSR count). The second-order valence-electron chi connectivity index (χ2n) is 3.00. The van der Waals surface area contributed by atoms with Gasteiger partial charge in [0.1, 0.15) is 18.0 Å². The molecule has 3 N–H and O–H groups in total. The topological polar surface area (TPSA) is 90.1 Å². The zero-order valence-electron chi connectivity index (χ0n) is 8.84. The van der Waals surface area contributed by atoms with Crippen LogP contribution in [-0.2, 0) is 24.3 Å². The van der Waals surface area contributed by atoms with Crippen molar-refractivity contribution in [2.24, 2.45) is 4.99 Å². The van der Waals surface area contributed by atoms with Crippen molar-refractivity contribution in [3.8, 4) is 11.5 Å². The molecule has 0 saturated heterocycles. The van der Waals surface area contributed by atoms with Gasteiger partial charge in [-0.25, -0.2) is 0 Å². The van der Waals surface area contributed by atoms with Crippen molar-refractivity contribution < 1.29 is 39.6 Å². The summed E-state index contributed by atoms with van der Waals surface area (Å²) in [6, 6.07) is 3.99. The number of hydrogen-bond acceptors (Lipinski definition) is 4. The zero-order chi connectivity index (χ0) is 11.4. The third-order valence-corrected chi connectivity index (χ3v) is 1.82. The summed E-state index contributed by atoms with van der Waals surface area (Å²) in [6.07, 6.45) is 0. The van der Waals surface area contributed by atoms with Crippen LogP contribution in [-0.4, -0.2) is 33.5 Å². The minimum atomic E-state index is -1.05. The van der Waals surface area contributed by atoms with Gasteiger partial charge in [-0.3, -0.25) is 9.79 Å². The van der Waals surface area contributed by atoms with E-state index < -0.39 is 5.97 Å². The van der Waals surface area contributed by atoms with Crippen LogP contribution in [0, 0.1) is 0 Å². The van der Waals surface area contributed by atoms with Gasteiger partial charge in [-0.2, -0.15) is 0 Å². The smallest absolute Gasteiger partial charge is 0.325 e. The van der Waals surface area contributed by atoms with Crippen molar-refractivity contribution in [2.75, 3.05) is 6.54 Å². The average molecular weight is 275 g/mol. The van der Waals surface area contributed by atoms with Crippen molar-refractivity contribution in [3.05, 3.63) is 23.8 Å². The van der Waals surface area contributed by atoms with Crippen molar-refractivity contribution in [1.29, 1.82) is 0 Å². The maximum atomic E-state index is 10.3. The second-order valence-corrected chi connectivity index (χ2v) is 3.00. The Hall–Kier alpha value is -1.42. The Morgan fingerprint density at radius 3 is 2.56 bits per heavy atom. The third kappa shape index (κ3) is 3.99. The number of aliphatic imine (C=N–C) groups is 1. The van der Waals surface area contributed by atoms with Crippen molar-refractivity contribution in [3.63, 3.8) is 0 Å². The van der Waals surface area contributed by atoms with Crippen LogP contribution in [0.4, 0.5) is 0 Å². The molecule has 0 aromatic heterocycles. The van der Waals surface area contributed by atoms with Gasteiger partial charge in [0.05, 0.1) is 0 Å². The number of phenols is 2. The van der Waals surface area contributed by atoms with Gasteiger partial charge in [-0.15, -0.1) is 0 Å². The number of aromatic hydroxyl groups is 2. The van der Waals surface area contributed by atoms with Crippen LogP contribution in [0.3, 0.4) is 0 Å². The molecule has 0 saturated carbocycles. The van der Waals surface area contributed by atoms with Gasteiger partial charge < -0.3 is 15.3 Å². The van der Waals surface area contributed by atoms with Crippen LogP contribution < -0.4 is 0 Å². The van der Waals surface area contributed by atoms with Crippen LogP contribution in [0.25, 0.3) is 0 Å². The number of rotatable bonds is 3. The fraction of sp³-hybridized carbons (Fsp3) is 0.200. The quantitative estimate of drug-likeness (QED) is 0.435. The Morgan fingerprint density at radius 2 is 2.00 bits per heavy atom. The molecule has 0 fully saturated rings. The maximum absolute atomic E-state index is 10.3. The van der Waals surface area contributed by atoms with Crippen LogP contribution in [0.5, 0.6) is 11.5 Å². The molecule has 0 atom stereocenters. The molecule has 1 aromatic rings. The Balaban J connectivity index is 0.00000225. The number of aliphatic carboxylic acids is 1. The molecule has 0 aliphatic rings. The summed E-state index contributed by atoms with van der Waals surface area (Å²) in [5, 5.41) is 27.0. The summed E-state index contributed by atoms with van der Waals surface area (Å²) in [6.45, 7) is 1.21.